The van der Waals surface area contributed by atoms with Gasteiger partial charge in [-0.15, -0.1) is 0 Å². The van der Waals surface area contributed by atoms with Gasteiger partial charge in [-0.1, -0.05) is 6.07 Å². The topological polar surface area (TPSA) is 49.0 Å². The number of hydrogen-bond acceptors (Lipinski definition) is 4. The molecule has 2 aliphatic rings. The molecule has 17 heavy (non-hydrogen) atoms. The molecule has 2 heterocycles. The van der Waals surface area contributed by atoms with E-state index in [0.717, 1.165) is 18.2 Å². The van der Waals surface area contributed by atoms with Crippen molar-refractivity contribution < 1.29 is 0 Å². The minimum absolute atomic E-state index is 0.275. The highest BCUT2D eigenvalue weighted by atomic mass is 15.4. The van der Waals surface area contributed by atoms with Crippen LogP contribution in [0.3, 0.4) is 0 Å². The van der Waals surface area contributed by atoms with Gasteiger partial charge in [-0.2, -0.15) is 0 Å². The summed E-state index contributed by atoms with van der Waals surface area (Å²) >= 11 is 0. The maximum Gasteiger partial charge on any atom is 0.0800 e. The zero-order valence-electron chi connectivity index (χ0n) is 10.2. The number of hydrazine groups is 1. The van der Waals surface area contributed by atoms with Crippen molar-refractivity contribution in [3.05, 3.63) is 30.1 Å². The van der Waals surface area contributed by atoms with E-state index in [9.17, 15) is 0 Å². The van der Waals surface area contributed by atoms with E-state index in [1.165, 1.54) is 12.8 Å². The Morgan fingerprint density at radius 1 is 1.41 bits per heavy atom. The van der Waals surface area contributed by atoms with E-state index in [4.69, 9.17) is 0 Å². The van der Waals surface area contributed by atoms with Gasteiger partial charge in [-0.3, -0.25) is 10.4 Å². The fraction of sp³-hybridized carbons (Fsp3) is 0.615. The normalized spacial score (nSPS) is 30.4. The molecule has 1 aromatic heterocycles. The molecule has 3 rings (SSSR count). The molecule has 1 saturated heterocycles. The van der Waals surface area contributed by atoms with Crippen LogP contribution in [-0.4, -0.2) is 23.6 Å². The Morgan fingerprint density at radius 3 is 3.00 bits per heavy atom. The summed E-state index contributed by atoms with van der Waals surface area (Å²) in [6.07, 6.45) is 4.63. The van der Waals surface area contributed by atoms with Gasteiger partial charge in [0.1, 0.15) is 0 Å². The van der Waals surface area contributed by atoms with E-state index < -0.39 is 0 Å². The van der Waals surface area contributed by atoms with E-state index >= 15 is 0 Å². The first kappa shape index (κ1) is 11.1. The fourth-order valence-corrected chi connectivity index (χ4v) is 2.56. The number of rotatable bonds is 4. The average Bonchev–Trinajstić information content (AvgIpc) is 3.12. The van der Waals surface area contributed by atoms with E-state index in [2.05, 4.69) is 34.1 Å². The molecule has 1 aliphatic heterocycles. The summed E-state index contributed by atoms with van der Waals surface area (Å²) in [6.45, 7) is 3.25. The Labute approximate surface area is 102 Å². The molecule has 2 fully saturated rings. The molecule has 4 heteroatoms. The van der Waals surface area contributed by atoms with Crippen LogP contribution in [0.15, 0.2) is 24.4 Å². The molecule has 92 valence electrons. The van der Waals surface area contributed by atoms with Crippen molar-refractivity contribution in [2.75, 3.05) is 6.54 Å². The zero-order valence-corrected chi connectivity index (χ0v) is 10.2. The minimum atomic E-state index is 0.275. The molecule has 0 bridgehead atoms. The SMILES string of the molecule is CC(NC1CNNC1c1ccccn1)C1CC1. The van der Waals surface area contributed by atoms with Crippen molar-refractivity contribution in [1.29, 1.82) is 0 Å². The molecule has 0 amide bonds. The second kappa shape index (κ2) is 4.72. The van der Waals surface area contributed by atoms with Crippen LogP contribution in [0.4, 0.5) is 0 Å². The van der Waals surface area contributed by atoms with E-state index in [-0.39, 0.29) is 6.04 Å². The Hall–Kier alpha value is -0.970. The van der Waals surface area contributed by atoms with Crippen LogP contribution >= 0.6 is 0 Å². The fourth-order valence-electron chi connectivity index (χ4n) is 2.56. The van der Waals surface area contributed by atoms with Gasteiger partial charge in [0.25, 0.3) is 0 Å². The summed E-state index contributed by atoms with van der Waals surface area (Å²) in [4.78, 5) is 4.44. The summed E-state index contributed by atoms with van der Waals surface area (Å²) in [5, 5.41) is 3.72. The largest absolute Gasteiger partial charge is 0.308 e. The quantitative estimate of drug-likeness (QED) is 0.724. The van der Waals surface area contributed by atoms with Gasteiger partial charge in [0.05, 0.1) is 11.7 Å². The maximum atomic E-state index is 4.44. The van der Waals surface area contributed by atoms with E-state index in [1.54, 1.807) is 0 Å². The van der Waals surface area contributed by atoms with Gasteiger partial charge in [-0.25, -0.2) is 5.43 Å². The zero-order chi connectivity index (χ0) is 11.7. The van der Waals surface area contributed by atoms with Gasteiger partial charge >= 0.3 is 0 Å². The van der Waals surface area contributed by atoms with Crippen LogP contribution in [0.2, 0.25) is 0 Å². The third-order valence-electron chi connectivity index (χ3n) is 3.79. The molecule has 0 spiro atoms. The number of nitrogens with one attached hydrogen (secondary N) is 3. The van der Waals surface area contributed by atoms with Gasteiger partial charge < -0.3 is 5.32 Å². The van der Waals surface area contributed by atoms with Crippen molar-refractivity contribution >= 4 is 0 Å². The molecular formula is C13H20N4. The number of aromatic nitrogens is 1. The Morgan fingerprint density at radius 2 is 2.29 bits per heavy atom. The number of hydrogen-bond donors (Lipinski definition) is 3. The minimum Gasteiger partial charge on any atom is -0.308 e. The van der Waals surface area contributed by atoms with Crippen molar-refractivity contribution in [2.24, 2.45) is 5.92 Å². The monoisotopic (exact) mass is 232 g/mol. The smallest absolute Gasteiger partial charge is 0.0800 e. The van der Waals surface area contributed by atoms with Crippen LogP contribution in [-0.2, 0) is 0 Å². The molecule has 1 aliphatic carbocycles. The molecular weight excluding hydrogens is 212 g/mol. The third-order valence-corrected chi connectivity index (χ3v) is 3.79. The van der Waals surface area contributed by atoms with Crippen molar-refractivity contribution in [3.63, 3.8) is 0 Å². The Kier molecular flexibility index (Phi) is 3.09. The second-order valence-corrected chi connectivity index (χ2v) is 5.16. The van der Waals surface area contributed by atoms with Crippen molar-refractivity contribution in [3.8, 4) is 0 Å². The number of pyridine rings is 1. The standard InChI is InChI=1S/C13H20N4/c1-9(10-5-6-10)16-12-8-15-17-13(12)11-4-2-3-7-14-11/h2-4,7,9-10,12-13,15-17H,5-6,8H2,1H3. The highest BCUT2D eigenvalue weighted by molar-refractivity contribution is 5.13. The summed E-state index contributed by atoms with van der Waals surface area (Å²) in [5.74, 6) is 0.889. The van der Waals surface area contributed by atoms with Crippen LogP contribution in [0, 0.1) is 5.92 Å². The van der Waals surface area contributed by atoms with Crippen molar-refractivity contribution in [2.45, 2.75) is 37.9 Å². The van der Waals surface area contributed by atoms with Crippen LogP contribution < -0.4 is 16.2 Å². The lowest BCUT2D eigenvalue weighted by atomic mass is 10.0. The summed E-state index contributed by atoms with van der Waals surface area (Å²) in [5.41, 5.74) is 7.66. The average molecular weight is 232 g/mol. The van der Waals surface area contributed by atoms with Gasteiger partial charge in [-0.05, 0) is 37.8 Å². The first-order chi connectivity index (χ1) is 8.34. The number of nitrogens with zero attached hydrogens (tertiary/aromatic N) is 1. The Bertz CT molecular complexity index is 363. The predicted octanol–water partition coefficient (Wildman–Crippen LogP) is 0.987. The maximum absolute atomic E-state index is 4.44. The highest BCUT2D eigenvalue weighted by Crippen LogP contribution is 2.33. The molecule has 1 aromatic rings. The van der Waals surface area contributed by atoms with Crippen LogP contribution in [0.25, 0.3) is 0 Å². The first-order valence-electron chi connectivity index (χ1n) is 6.50. The van der Waals surface area contributed by atoms with E-state index in [0.29, 0.717) is 12.1 Å². The Balaban J connectivity index is 1.67. The molecule has 4 nitrogen and oxygen atoms in total. The van der Waals surface area contributed by atoms with E-state index in [1.807, 2.05) is 18.3 Å². The molecule has 0 aromatic carbocycles. The third kappa shape index (κ3) is 2.49. The molecule has 3 atom stereocenters. The molecule has 3 N–H and O–H groups in total. The van der Waals surface area contributed by atoms with Gasteiger partial charge in [0.15, 0.2) is 0 Å². The van der Waals surface area contributed by atoms with Crippen LogP contribution in [0.1, 0.15) is 31.5 Å². The predicted molar refractivity (Wildman–Crippen MR) is 67.2 cm³/mol. The lowest BCUT2D eigenvalue weighted by Gasteiger charge is -2.23. The second-order valence-electron chi connectivity index (χ2n) is 5.16. The molecule has 1 saturated carbocycles. The summed E-state index contributed by atoms with van der Waals surface area (Å²) in [7, 11) is 0. The first-order valence-corrected chi connectivity index (χ1v) is 6.50. The molecule has 0 radical (unpaired) electrons. The van der Waals surface area contributed by atoms with Gasteiger partial charge in [0, 0.05) is 24.8 Å². The summed E-state index contributed by atoms with van der Waals surface area (Å²) in [6, 6.07) is 7.41. The lowest BCUT2D eigenvalue weighted by molar-refractivity contribution is 0.392. The van der Waals surface area contributed by atoms with Gasteiger partial charge in [0.2, 0.25) is 0 Å². The summed E-state index contributed by atoms with van der Waals surface area (Å²) < 4.78 is 0. The highest BCUT2D eigenvalue weighted by Gasteiger charge is 2.34. The van der Waals surface area contributed by atoms with Crippen LogP contribution in [0.5, 0.6) is 0 Å². The lowest BCUT2D eigenvalue weighted by Crippen LogP contribution is -2.42. The molecule has 3 unspecified atom stereocenters. The van der Waals surface area contributed by atoms with Crippen molar-refractivity contribution in [1.82, 2.24) is 21.2 Å².